The number of hydrogen-bond acceptors (Lipinski definition) is 3. The summed E-state index contributed by atoms with van der Waals surface area (Å²) in [6.07, 6.45) is 1.91. The standard InChI is InChI=1S/C13H16ClN3O/c1-18-9-7-15-10-11-6-8-17(16-11)13-5-3-2-4-12(13)14/h2-6,8,15H,7,9-10H2,1H3. The highest BCUT2D eigenvalue weighted by molar-refractivity contribution is 6.32. The van der Waals surface area contributed by atoms with Crippen LogP contribution in [-0.2, 0) is 11.3 Å². The van der Waals surface area contributed by atoms with Gasteiger partial charge in [-0.3, -0.25) is 0 Å². The molecule has 0 spiro atoms. The zero-order chi connectivity index (χ0) is 12.8. The van der Waals surface area contributed by atoms with Crippen LogP contribution in [0.3, 0.4) is 0 Å². The molecule has 18 heavy (non-hydrogen) atoms. The molecular formula is C13H16ClN3O. The Morgan fingerprint density at radius 1 is 1.33 bits per heavy atom. The number of nitrogens with zero attached hydrogens (tertiary/aromatic N) is 2. The predicted molar refractivity (Wildman–Crippen MR) is 72.2 cm³/mol. The van der Waals surface area contributed by atoms with Crippen molar-refractivity contribution < 1.29 is 4.74 Å². The van der Waals surface area contributed by atoms with Gasteiger partial charge in [0.25, 0.3) is 0 Å². The molecule has 2 aromatic rings. The summed E-state index contributed by atoms with van der Waals surface area (Å²) >= 11 is 6.12. The van der Waals surface area contributed by atoms with Gasteiger partial charge >= 0.3 is 0 Å². The maximum absolute atomic E-state index is 6.12. The molecule has 0 fully saturated rings. The lowest BCUT2D eigenvalue weighted by Gasteiger charge is -2.04. The van der Waals surface area contributed by atoms with E-state index in [1.54, 1.807) is 11.8 Å². The van der Waals surface area contributed by atoms with Crippen molar-refractivity contribution in [3.05, 3.63) is 47.2 Å². The van der Waals surface area contributed by atoms with Crippen molar-refractivity contribution in [2.45, 2.75) is 6.54 Å². The summed E-state index contributed by atoms with van der Waals surface area (Å²) in [5, 5.41) is 8.41. The van der Waals surface area contributed by atoms with Crippen LogP contribution in [-0.4, -0.2) is 30.0 Å². The third kappa shape index (κ3) is 3.32. The van der Waals surface area contributed by atoms with E-state index in [1.165, 1.54) is 0 Å². The van der Waals surface area contributed by atoms with Crippen LogP contribution in [0.5, 0.6) is 0 Å². The largest absolute Gasteiger partial charge is 0.383 e. The monoisotopic (exact) mass is 265 g/mol. The van der Waals surface area contributed by atoms with Crippen molar-refractivity contribution >= 4 is 11.6 Å². The lowest BCUT2D eigenvalue weighted by atomic mass is 10.3. The molecule has 0 aliphatic rings. The summed E-state index contributed by atoms with van der Waals surface area (Å²) in [5.41, 5.74) is 1.87. The van der Waals surface area contributed by atoms with Gasteiger partial charge in [-0.25, -0.2) is 4.68 Å². The Hall–Kier alpha value is -1.36. The minimum atomic E-state index is 0.694. The number of aromatic nitrogens is 2. The number of rotatable bonds is 6. The number of para-hydroxylation sites is 1. The Morgan fingerprint density at radius 2 is 2.17 bits per heavy atom. The molecule has 0 aliphatic carbocycles. The van der Waals surface area contributed by atoms with E-state index in [-0.39, 0.29) is 0 Å². The van der Waals surface area contributed by atoms with Crippen molar-refractivity contribution in [1.82, 2.24) is 15.1 Å². The Bertz CT molecular complexity index is 498. The van der Waals surface area contributed by atoms with E-state index in [0.29, 0.717) is 11.6 Å². The van der Waals surface area contributed by atoms with Gasteiger partial charge in [-0.2, -0.15) is 5.10 Å². The SMILES string of the molecule is COCCNCc1ccn(-c2ccccc2Cl)n1. The number of nitrogens with one attached hydrogen (secondary N) is 1. The Kier molecular flexibility index (Phi) is 4.75. The quantitative estimate of drug-likeness (QED) is 0.815. The van der Waals surface area contributed by atoms with Gasteiger partial charge in [0.1, 0.15) is 0 Å². The van der Waals surface area contributed by atoms with E-state index >= 15 is 0 Å². The second-order valence-corrected chi connectivity index (χ2v) is 4.28. The molecule has 1 N–H and O–H groups in total. The van der Waals surface area contributed by atoms with E-state index in [4.69, 9.17) is 16.3 Å². The molecule has 96 valence electrons. The molecule has 0 saturated heterocycles. The average Bonchev–Trinajstić information content (AvgIpc) is 2.84. The zero-order valence-corrected chi connectivity index (χ0v) is 11.0. The molecule has 1 aromatic carbocycles. The Labute approximate surface area is 112 Å². The summed E-state index contributed by atoms with van der Waals surface area (Å²) in [4.78, 5) is 0. The van der Waals surface area contributed by atoms with E-state index in [2.05, 4.69) is 10.4 Å². The lowest BCUT2D eigenvalue weighted by molar-refractivity contribution is 0.199. The van der Waals surface area contributed by atoms with Crippen LogP contribution in [0.1, 0.15) is 5.69 Å². The molecule has 0 amide bonds. The van der Waals surface area contributed by atoms with Crippen LogP contribution in [0.15, 0.2) is 36.5 Å². The summed E-state index contributed by atoms with van der Waals surface area (Å²) < 4.78 is 6.75. The van der Waals surface area contributed by atoms with Crippen LogP contribution in [0, 0.1) is 0 Å². The third-order valence-electron chi connectivity index (χ3n) is 2.53. The first-order valence-electron chi connectivity index (χ1n) is 5.80. The van der Waals surface area contributed by atoms with Crippen LogP contribution in [0.4, 0.5) is 0 Å². The molecule has 5 heteroatoms. The van der Waals surface area contributed by atoms with Crippen LogP contribution >= 0.6 is 11.6 Å². The van der Waals surface area contributed by atoms with Gasteiger partial charge in [-0.1, -0.05) is 23.7 Å². The minimum Gasteiger partial charge on any atom is -0.383 e. The van der Waals surface area contributed by atoms with Gasteiger partial charge in [0.05, 0.1) is 23.0 Å². The molecule has 0 unspecified atom stereocenters. The van der Waals surface area contributed by atoms with E-state index in [9.17, 15) is 0 Å². The fraction of sp³-hybridized carbons (Fsp3) is 0.308. The number of hydrogen-bond donors (Lipinski definition) is 1. The number of ether oxygens (including phenoxy) is 1. The zero-order valence-electron chi connectivity index (χ0n) is 10.3. The first kappa shape index (κ1) is 13.1. The molecule has 0 radical (unpaired) electrons. The van der Waals surface area contributed by atoms with Gasteiger partial charge in [0.15, 0.2) is 0 Å². The Balaban J connectivity index is 2.00. The second kappa shape index (κ2) is 6.54. The fourth-order valence-corrected chi connectivity index (χ4v) is 1.84. The average molecular weight is 266 g/mol. The first-order chi connectivity index (χ1) is 8.81. The van der Waals surface area contributed by atoms with Gasteiger partial charge in [-0.15, -0.1) is 0 Å². The van der Waals surface area contributed by atoms with Crippen LogP contribution in [0.25, 0.3) is 5.69 Å². The summed E-state index contributed by atoms with van der Waals surface area (Å²) in [5.74, 6) is 0. The topological polar surface area (TPSA) is 39.1 Å². The maximum Gasteiger partial charge on any atom is 0.0831 e. The van der Waals surface area contributed by atoms with E-state index in [1.807, 2.05) is 36.5 Å². The van der Waals surface area contributed by atoms with Crippen molar-refractivity contribution in [2.75, 3.05) is 20.3 Å². The number of methoxy groups -OCH3 is 1. The minimum absolute atomic E-state index is 0.694. The summed E-state index contributed by atoms with van der Waals surface area (Å²) in [7, 11) is 1.69. The predicted octanol–water partition coefficient (Wildman–Crippen LogP) is 2.26. The van der Waals surface area contributed by atoms with Crippen molar-refractivity contribution in [3.8, 4) is 5.69 Å². The smallest absolute Gasteiger partial charge is 0.0831 e. The molecule has 2 rings (SSSR count). The van der Waals surface area contributed by atoms with E-state index in [0.717, 1.165) is 24.5 Å². The Morgan fingerprint density at radius 3 is 2.94 bits per heavy atom. The molecular weight excluding hydrogens is 250 g/mol. The fourth-order valence-electron chi connectivity index (χ4n) is 1.62. The van der Waals surface area contributed by atoms with Crippen molar-refractivity contribution in [3.63, 3.8) is 0 Å². The van der Waals surface area contributed by atoms with Crippen LogP contribution in [0.2, 0.25) is 5.02 Å². The highest BCUT2D eigenvalue weighted by atomic mass is 35.5. The van der Waals surface area contributed by atoms with E-state index < -0.39 is 0 Å². The highest BCUT2D eigenvalue weighted by Crippen LogP contribution is 2.18. The molecule has 1 aromatic heterocycles. The molecule has 1 heterocycles. The van der Waals surface area contributed by atoms with Crippen LogP contribution < -0.4 is 5.32 Å². The second-order valence-electron chi connectivity index (χ2n) is 3.87. The van der Waals surface area contributed by atoms with Gasteiger partial charge in [0, 0.05) is 26.4 Å². The molecule has 0 aliphatic heterocycles. The lowest BCUT2D eigenvalue weighted by Crippen LogP contribution is -2.18. The van der Waals surface area contributed by atoms with Gasteiger partial charge < -0.3 is 10.1 Å². The van der Waals surface area contributed by atoms with Crippen molar-refractivity contribution in [1.29, 1.82) is 0 Å². The maximum atomic E-state index is 6.12. The van der Waals surface area contributed by atoms with Gasteiger partial charge in [0.2, 0.25) is 0 Å². The van der Waals surface area contributed by atoms with Gasteiger partial charge in [-0.05, 0) is 18.2 Å². The molecule has 0 atom stereocenters. The first-order valence-corrected chi connectivity index (χ1v) is 6.18. The summed E-state index contributed by atoms with van der Waals surface area (Å²) in [6.45, 7) is 2.24. The third-order valence-corrected chi connectivity index (χ3v) is 2.85. The molecule has 0 bridgehead atoms. The molecule has 4 nitrogen and oxygen atoms in total. The normalized spacial score (nSPS) is 10.8. The number of halogens is 1. The number of benzene rings is 1. The van der Waals surface area contributed by atoms with Crippen molar-refractivity contribution in [2.24, 2.45) is 0 Å². The highest BCUT2D eigenvalue weighted by Gasteiger charge is 2.04. The summed E-state index contributed by atoms with van der Waals surface area (Å²) in [6, 6.07) is 9.62. The molecule has 0 saturated carbocycles.